The fraction of sp³-hybridized carbons (Fsp3) is 0.294. The topological polar surface area (TPSA) is 35.2 Å². The van der Waals surface area contributed by atoms with Crippen molar-refractivity contribution in [1.29, 1.82) is 0 Å². The number of nitrogens with two attached hydrogens (primary N) is 1. The van der Waals surface area contributed by atoms with E-state index in [2.05, 4.69) is 19.1 Å². The highest BCUT2D eigenvalue weighted by Crippen LogP contribution is 2.31. The molecule has 1 heterocycles. The summed E-state index contributed by atoms with van der Waals surface area (Å²) in [6.45, 7) is 2.09. The minimum atomic E-state index is -0.00242. The van der Waals surface area contributed by atoms with Crippen LogP contribution >= 0.6 is 11.6 Å². The van der Waals surface area contributed by atoms with E-state index in [0.29, 0.717) is 0 Å². The zero-order valence-corrected chi connectivity index (χ0v) is 12.2. The Morgan fingerprint density at radius 2 is 2.00 bits per heavy atom. The molecule has 3 heteroatoms. The Kier molecular flexibility index (Phi) is 3.68. The summed E-state index contributed by atoms with van der Waals surface area (Å²) in [4.78, 5) is 0. The van der Waals surface area contributed by atoms with Crippen molar-refractivity contribution >= 4 is 11.6 Å². The quantitative estimate of drug-likeness (QED) is 0.929. The van der Waals surface area contributed by atoms with Crippen LogP contribution in [-0.2, 0) is 12.8 Å². The van der Waals surface area contributed by atoms with Gasteiger partial charge in [0.25, 0.3) is 0 Å². The lowest BCUT2D eigenvalue weighted by atomic mass is 9.97. The number of rotatable bonds is 3. The fourth-order valence-electron chi connectivity index (χ4n) is 2.66. The molecule has 3 rings (SSSR count). The summed E-state index contributed by atoms with van der Waals surface area (Å²) in [6.07, 6.45) is 2.05. The lowest BCUT2D eigenvalue weighted by Crippen LogP contribution is -2.13. The van der Waals surface area contributed by atoms with Gasteiger partial charge in [0.1, 0.15) is 11.9 Å². The third-order valence-corrected chi connectivity index (χ3v) is 3.97. The molecule has 2 N–H and O–H groups in total. The lowest BCUT2D eigenvalue weighted by Gasteiger charge is -2.13. The third kappa shape index (κ3) is 2.82. The Balaban J connectivity index is 1.76. The van der Waals surface area contributed by atoms with Gasteiger partial charge in [-0.2, -0.15) is 0 Å². The van der Waals surface area contributed by atoms with Crippen molar-refractivity contribution in [3.8, 4) is 5.75 Å². The highest BCUT2D eigenvalue weighted by Gasteiger charge is 2.20. The molecule has 20 heavy (non-hydrogen) atoms. The van der Waals surface area contributed by atoms with Gasteiger partial charge in [-0.15, -0.1) is 0 Å². The minimum Gasteiger partial charge on any atom is -0.490 e. The normalized spacial score (nSPS) is 18.4. The van der Waals surface area contributed by atoms with Crippen LogP contribution in [0.4, 0.5) is 0 Å². The molecule has 1 aliphatic rings. The molecule has 0 fully saturated rings. The Morgan fingerprint density at radius 1 is 1.25 bits per heavy atom. The second-order valence-electron chi connectivity index (χ2n) is 5.44. The highest BCUT2D eigenvalue weighted by molar-refractivity contribution is 6.30. The Morgan fingerprint density at radius 3 is 2.75 bits per heavy atom. The zero-order chi connectivity index (χ0) is 14.1. The van der Waals surface area contributed by atoms with Gasteiger partial charge in [-0.3, -0.25) is 0 Å². The minimum absolute atomic E-state index is 0.00242. The van der Waals surface area contributed by atoms with Crippen LogP contribution in [0.2, 0.25) is 5.02 Å². The molecule has 2 nitrogen and oxygen atoms in total. The van der Waals surface area contributed by atoms with Gasteiger partial charge in [-0.25, -0.2) is 0 Å². The molecule has 104 valence electrons. The fourth-order valence-corrected chi connectivity index (χ4v) is 2.79. The summed E-state index contributed by atoms with van der Waals surface area (Å²) < 4.78 is 5.72. The largest absolute Gasteiger partial charge is 0.490 e. The van der Waals surface area contributed by atoms with E-state index in [1.807, 2.05) is 30.3 Å². The van der Waals surface area contributed by atoms with Crippen LogP contribution < -0.4 is 10.5 Å². The second-order valence-corrected chi connectivity index (χ2v) is 5.87. The van der Waals surface area contributed by atoms with E-state index in [9.17, 15) is 0 Å². The number of hydrogen-bond acceptors (Lipinski definition) is 2. The Bertz CT molecular complexity index is 609. The van der Waals surface area contributed by atoms with E-state index >= 15 is 0 Å². The van der Waals surface area contributed by atoms with Crippen molar-refractivity contribution in [2.24, 2.45) is 5.73 Å². The van der Waals surface area contributed by atoms with Gasteiger partial charge in [-0.1, -0.05) is 35.9 Å². The average molecular weight is 288 g/mol. The monoisotopic (exact) mass is 287 g/mol. The smallest absolute Gasteiger partial charge is 0.123 e. The molecular formula is C17H18ClNO. The van der Waals surface area contributed by atoms with Crippen molar-refractivity contribution in [3.05, 3.63) is 64.2 Å². The number of hydrogen-bond donors (Lipinski definition) is 1. The number of benzene rings is 2. The SMILES string of the molecule is CC1Cc2cc(C(N)Cc3ccc(Cl)cc3)ccc2O1. The molecule has 0 aliphatic carbocycles. The van der Waals surface area contributed by atoms with E-state index < -0.39 is 0 Å². The number of fused-ring (bicyclic) bond motifs is 1. The molecule has 0 saturated carbocycles. The summed E-state index contributed by atoms with van der Waals surface area (Å²) >= 11 is 5.90. The first-order chi connectivity index (χ1) is 9.61. The zero-order valence-electron chi connectivity index (χ0n) is 11.5. The first-order valence-electron chi connectivity index (χ1n) is 6.91. The summed E-state index contributed by atoms with van der Waals surface area (Å²) in [7, 11) is 0. The van der Waals surface area contributed by atoms with Crippen LogP contribution in [0.15, 0.2) is 42.5 Å². The number of halogens is 1. The van der Waals surface area contributed by atoms with Gasteiger partial charge in [0.15, 0.2) is 0 Å². The predicted molar refractivity (Wildman–Crippen MR) is 82.3 cm³/mol. The maximum absolute atomic E-state index is 6.32. The van der Waals surface area contributed by atoms with Gasteiger partial charge in [-0.05, 0) is 48.2 Å². The molecule has 2 aromatic carbocycles. The van der Waals surface area contributed by atoms with E-state index in [-0.39, 0.29) is 12.1 Å². The average Bonchev–Trinajstić information content (AvgIpc) is 2.80. The molecular weight excluding hydrogens is 270 g/mol. The van der Waals surface area contributed by atoms with Gasteiger partial charge >= 0.3 is 0 Å². The van der Waals surface area contributed by atoms with Crippen LogP contribution in [0.5, 0.6) is 5.75 Å². The van der Waals surface area contributed by atoms with Gasteiger partial charge < -0.3 is 10.5 Å². The molecule has 2 atom stereocenters. The molecule has 0 bridgehead atoms. The second kappa shape index (κ2) is 5.47. The van der Waals surface area contributed by atoms with Crippen molar-refractivity contribution in [2.45, 2.75) is 31.9 Å². The molecule has 0 amide bonds. The van der Waals surface area contributed by atoms with Gasteiger partial charge in [0, 0.05) is 17.5 Å². The third-order valence-electron chi connectivity index (χ3n) is 3.72. The van der Waals surface area contributed by atoms with Crippen LogP contribution in [0, 0.1) is 0 Å². The maximum Gasteiger partial charge on any atom is 0.123 e. The molecule has 2 unspecified atom stereocenters. The van der Waals surface area contributed by atoms with Gasteiger partial charge in [0.2, 0.25) is 0 Å². The van der Waals surface area contributed by atoms with E-state index in [1.54, 1.807) is 0 Å². The molecule has 0 spiro atoms. The van der Waals surface area contributed by atoms with Crippen molar-refractivity contribution < 1.29 is 4.74 Å². The van der Waals surface area contributed by atoms with E-state index in [1.165, 1.54) is 11.1 Å². The van der Waals surface area contributed by atoms with Gasteiger partial charge in [0.05, 0.1) is 0 Å². The lowest BCUT2D eigenvalue weighted by molar-refractivity contribution is 0.254. The van der Waals surface area contributed by atoms with Crippen LogP contribution in [0.3, 0.4) is 0 Å². The van der Waals surface area contributed by atoms with Crippen molar-refractivity contribution in [2.75, 3.05) is 0 Å². The van der Waals surface area contributed by atoms with Crippen LogP contribution in [0.1, 0.15) is 29.7 Å². The Hall–Kier alpha value is -1.51. The predicted octanol–water partition coefficient (Wildman–Crippen LogP) is 3.91. The molecule has 0 aromatic heterocycles. The van der Waals surface area contributed by atoms with Crippen molar-refractivity contribution in [1.82, 2.24) is 0 Å². The summed E-state index contributed by atoms with van der Waals surface area (Å²) in [5, 5.41) is 0.756. The Labute approximate surface area is 124 Å². The van der Waals surface area contributed by atoms with Crippen LogP contribution in [-0.4, -0.2) is 6.10 Å². The standard InChI is InChI=1S/C17H18ClNO/c1-11-8-14-10-13(4-7-17(14)20-11)16(19)9-12-2-5-15(18)6-3-12/h2-7,10-11,16H,8-9,19H2,1H3. The molecule has 0 saturated heterocycles. The summed E-state index contributed by atoms with van der Waals surface area (Å²) in [5.74, 6) is 1.000. The summed E-state index contributed by atoms with van der Waals surface area (Å²) in [5.41, 5.74) is 9.95. The summed E-state index contributed by atoms with van der Waals surface area (Å²) in [6, 6.07) is 14.1. The van der Waals surface area contributed by atoms with Crippen molar-refractivity contribution in [3.63, 3.8) is 0 Å². The molecule has 2 aromatic rings. The highest BCUT2D eigenvalue weighted by atomic mass is 35.5. The van der Waals surface area contributed by atoms with Crippen LogP contribution in [0.25, 0.3) is 0 Å². The van der Waals surface area contributed by atoms with E-state index in [4.69, 9.17) is 22.1 Å². The van der Waals surface area contributed by atoms with E-state index in [0.717, 1.165) is 29.2 Å². The molecule has 1 aliphatic heterocycles. The maximum atomic E-state index is 6.32. The number of ether oxygens (including phenoxy) is 1. The first kappa shape index (κ1) is 13.5. The molecule has 0 radical (unpaired) electrons. The first-order valence-corrected chi connectivity index (χ1v) is 7.29.